The van der Waals surface area contributed by atoms with Crippen LogP contribution in [0.4, 0.5) is 5.95 Å². The van der Waals surface area contributed by atoms with Gasteiger partial charge in [-0.2, -0.15) is 0 Å². The molecule has 1 atom stereocenters. The first kappa shape index (κ1) is 11.5. The monoisotopic (exact) mass is 212 g/mol. The van der Waals surface area contributed by atoms with Crippen LogP contribution in [-0.2, 0) is 16.1 Å². The Labute approximate surface area is 88.2 Å². The number of methoxy groups -OCH3 is 1. The van der Waals surface area contributed by atoms with Crippen LogP contribution in [0, 0.1) is 0 Å². The smallest absolute Gasteiger partial charge is 0.322 e. The SMILES string of the molecule is COC(=O)[C@H](N)CCCn1ccnc1N. The minimum Gasteiger partial charge on any atom is -0.468 e. The number of nitrogen functional groups attached to an aromatic ring is 1. The molecule has 1 aromatic rings. The molecule has 0 unspecified atom stereocenters. The van der Waals surface area contributed by atoms with Gasteiger partial charge in [-0.3, -0.25) is 4.79 Å². The maximum Gasteiger partial charge on any atom is 0.322 e. The van der Waals surface area contributed by atoms with Gasteiger partial charge < -0.3 is 20.8 Å². The Kier molecular flexibility index (Phi) is 4.11. The molecule has 1 heterocycles. The molecule has 0 amide bonds. The number of ether oxygens (including phenoxy) is 1. The van der Waals surface area contributed by atoms with Crippen LogP contribution < -0.4 is 11.5 Å². The number of nitrogens with two attached hydrogens (primary N) is 2. The zero-order valence-electron chi connectivity index (χ0n) is 8.72. The molecular formula is C9H16N4O2. The van der Waals surface area contributed by atoms with E-state index in [4.69, 9.17) is 11.5 Å². The van der Waals surface area contributed by atoms with E-state index in [0.717, 1.165) is 6.42 Å². The minimum atomic E-state index is -0.556. The molecule has 0 aliphatic rings. The normalized spacial score (nSPS) is 12.4. The Bertz CT molecular complexity index is 324. The maximum absolute atomic E-state index is 11.0. The lowest BCUT2D eigenvalue weighted by atomic mass is 10.2. The van der Waals surface area contributed by atoms with Crippen molar-refractivity contribution in [1.82, 2.24) is 9.55 Å². The van der Waals surface area contributed by atoms with Crippen molar-refractivity contribution in [3.05, 3.63) is 12.4 Å². The highest BCUT2D eigenvalue weighted by Gasteiger charge is 2.12. The highest BCUT2D eigenvalue weighted by atomic mass is 16.5. The molecule has 1 aromatic heterocycles. The standard InChI is InChI=1S/C9H16N4O2/c1-15-8(14)7(10)3-2-5-13-6-4-12-9(13)11/h4,6-7H,2-3,5,10H2,1H3,(H2,11,12)/t7-/m1/s1. The topological polar surface area (TPSA) is 96.2 Å². The molecule has 0 aliphatic carbocycles. The van der Waals surface area contributed by atoms with Crippen molar-refractivity contribution in [2.24, 2.45) is 5.73 Å². The maximum atomic E-state index is 11.0. The Morgan fingerprint density at radius 2 is 2.47 bits per heavy atom. The number of carbonyl (C=O) groups is 1. The number of hydrogen-bond donors (Lipinski definition) is 2. The lowest BCUT2D eigenvalue weighted by Crippen LogP contribution is -2.31. The van der Waals surface area contributed by atoms with Gasteiger partial charge in [-0.1, -0.05) is 0 Å². The van der Waals surface area contributed by atoms with Crippen molar-refractivity contribution in [2.45, 2.75) is 25.4 Å². The lowest BCUT2D eigenvalue weighted by molar-refractivity contribution is -0.142. The van der Waals surface area contributed by atoms with E-state index in [1.807, 2.05) is 4.57 Å². The number of rotatable bonds is 5. The molecule has 84 valence electrons. The minimum absolute atomic E-state index is 0.381. The summed E-state index contributed by atoms with van der Waals surface area (Å²) in [5.41, 5.74) is 11.1. The molecule has 0 radical (unpaired) electrons. The van der Waals surface area contributed by atoms with Crippen LogP contribution in [0.25, 0.3) is 0 Å². The average molecular weight is 212 g/mol. The van der Waals surface area contributed by atoms with E-state index in [2.05, 4.69) is 9.72 Å². The van der Waals surface area contributed by atoms with Crippen LogP contribution in [0.5, 0.6) is 0 Å². The summed E-state index contributed by atoms with van der Waals surface area (Å²) >= 11 is 0. The summed E-state index contributed by atoms with van der Waals surface area (Å²) in [6.45, 7) is 0.705. The molecule has 0 aromatic carbocycles. The van der Waals surface area contributed by atoms with E-state index < -0.39 is 6.04 Å². The van der Waals surface area contributed by atoms with E-state index in [0.29, 0.717) is 18.9 Å². The van der Waals surface area contributed by atoms with Crippen LogP contribution in [0.15, 0.2) is 12.4 Å². The molecule has 0 spiro atoms. The number of carbonyl (C=O) groups excluding carboxylic acids is 1. The first-order valence-corrected chi connectivity index (χ1v) is 4.75. The second-order valence-corrected chi connectivity index (χ2v) is 3.25. The van der Waals surface area contributed by atoms with Gasteiger partial charge >= 0.3 is 5.97 Å². The zero-order valence-corrected chi connectivity index (χ0v) is 8.72. The first-order valence-electron chi connectivity index (χ1n) is 4.75. The quantitative estimate of drug-likeness (QED) is 0.656. The van der Waals surface area contributed by atoms with E-state index in [1.54, 1.807) is 12.4 Å². The Balaban J connectivity index is 2.28. The van der Waals surface area contributed by atoms with E-state index in [1.165, 1.54) is 7.11 Å². The van der Waals surface area contributed by atoms with Gasteiger partial charge in [-0.15, -0.1) is 0 Å². The predicted molar refractivity (Wildman–Crippen MR) is 55.9 cm³/mol. The fraction of sp³-hybridized carbons (Fsp3) is 0.556. The van der Waals surface area contributed by atoms with E-state index in [-0.39, 0.29) is 5.97 Å². The summed E-state index contributed by atoms with van der Waals surface area (Å²) in [7, 11) is 1.33. The first-order chi connectivity index (χ1) is 7.15. The highest BCUT2D eigenvalue weighted by molar-refractivity contribution is 5.75. The summed E-state index contributed by atoms with van der Waals surface area (Å²) in [4.78, 5) is 14.9. The third-order valence-corrected chi connectivity index (χ3v) is 2.17. The average Bonchev–Trinajstić information content (AvgIpc) is 2.63. The van der Waals surface area contributed by atoms with E-state index >= 15 is 0 Å². The van der Waals surface area contributed by atoms with Crippen molar-refractivity contribution >= 4 is 11.9 Å². The number of aromatic nitrogens is 2. The van der Waals surface area contributed by atoms with Crippen LogP contribution in [0.1, 0.15) is 12.8 Å². The van der Waals surface area contributed by atoms with Crippen LogP contribution in [0.2, 0.25) is 0 Å². The van der Waals surface area contributed by atoms with Crippen LogP contribution >= 0.6 is 0 Å². The van der Waals surface area contributed by atoms with Gasteiger partial charge in [0.25, 0.3) is 0 Å². The third kappa shape index (κ3) is 3.25. The molecule has 0 bridgehead atoms. The molecule has 6 nitrogen and oxygen atoms in total. The molecule has 1 rings (SSSR count). The number of imidazole rings is 1. The molecule has 15 heavy (non-hydrogen) atoms. The van der Waals surface area contributed by atoms with Gasteiger partial charge in [-0.05, 0) is 12.8 Å². The second-order valence-electron chi connectivity index (χ2n) is 3.25. The van der Waals surface area contributed by atoms with Crippen molar-refractivity contribution < 1.29 is 9.53 Å². The zero-order chi connectivity index (χ0) is 11.3. The number of aryl methyl sites for hydroxylation is 1. The molecule has 0 fully saturated rings. The van der Waals surface area contributed by atoms with Crippen molar-refractivity contribution in [1.29, 1.82) is 0 Å². The Morgan fingerprint density at radius 1 is 1.73 bits per heavy atom. The molecule has 0 aliphatic heterocycles. The molecule has 6 heteroatoms. The van der Waals surface area contributed by atoms with Gasteiger partial charge in [-0.25, -0.2) is 4.98 Å². The summed E-state index contributed by atoms with van der Waals surface area (Å²) < 4.78 is 6.33. The lowest BCUT2D eigenvalue weighted by Gasteiger charge is -2.09. The number of esters is 1. The van der Waals surface area contributed by atoms with E-state index in [9.17, 15) is 4.79 Å². The largest absolute Gasteiger partial charge is 0.468 e. The van der Waals surface area contributed by atoms with Crippen molar-refractivity contribution in [3.63, 3.8) is 0 Å². The third-order valence-electron chi connectivity index (χ3n) is 2.17. The second kappa shape index (κ2) is 5.35. The van der Waals surface area contributed by atoms with Gasteiger partial charge in [0.2, 0.25) is 0 Å². The fourth-order valence-electron chi connectivity index (χ4n) is 1.28. The summed E-state index contributed by atoms with van der Waals surface area (Å²) in [5, 5.41) is 0. The predicted octanol–water partition coefficient (Wildman–Crippen LogP) is -0.254. The fourth-order valence-corrected chi connectivity index (χ4v) is 1.28. The van der Waals surface area contributed by atoms with Gasteiger partial charge in [0.1, 0.15) is 6.04 Å². The molecule has 4 N–H and O–H groups in total. The van der Waals surface area contributed by atoms with Crippen LogP contribution in [0.3, 0.4) is 0 Å². The van der Waals surface area contributed by atoms with Gasteiger partial charge in [0.05, 0.1) is 7.11 Å². The summed E-state index contributed by atoms with van der Waals surface area (Å²) in [5.74, 6) is 0.0928. The molecule has 0 saturated heterocycles. The number of anilines is 1. The summed E-state index contributed by atoms with van der Waals surface area (Å²) in [6, 6.07) is -0.556. The van der Waals surface area contributed by atoms with Crippen LogP contribution in [-0.4, -0.2) is 28.7 Å². The Morgan fingerprint density at radius 3 is 3.00 bits per heavy atom. The summed E-state index contributed by atoms with van der Waals surface area (Å²) in [6.07, 6.45) is 4.76. The van der Waals surface area contributed by atoms with Crippen molar-refractivity contribution in [2.75, 3.05) is 12.8 Å². The number of hydrogen-bond acceptors (Lipinski definition) is 5. The molecular weight excluding hydrogens is 196 g/mol. The van der Waals surface area contributed by atoms with Gasteiger partial charge in [0, 0.05) is 18.9 Å². The molecule has 0 saturated carbocycles. The van der Waals surface area contributed by atoms with Gasteiger partial charge in [0.15, 0.2) is 5.95 Å². The number of nitrogens with zero attached hydrogens (tertiary/aromatic N) is 2. The van der Waals surface area contributed by atoms with Crippen molar-refractivity contribution in [3.8, 4) is 0 Å². The Hall–Kier alpha value is -1.56. The highest BCUT2D eigenvalue weighted by Crippen LogP contribution is 2.04.